The normalized spacial score (nSPS) is 17.0. The van der Waals surface area contributed by atoms with Crippen molar-refractivity contribution < 1.29 is 9.53 Å². The number of anilines is 2. The topological polar surface area (TPSA) is 41.6 Å². The zero-order valence-corrected chi connectivity index (χ0v) is 14.1. The Morgan fingerprint density at radius 3 is 2.48 bits per heavy atom. The molecule has 0 saturated heterocycles. The van der Waals surface area contributed by atoms with Gasteiger partial charge in [0.2, 0.25) is 0 Å². The third-order valence-corrected chi connectivity index (χ3v) is 3.83. The Bertz CT molecular complexity index is 571. The summed E-state index contributed by atoms with van der Waals surface area (Å²) >= 11 is 0. The molecule has 0 bridgehead atoms. The average Bonchev–Trinajstić information content (AvgIpc) is 2.30. The Morgan fingerprint density at radius 2 is 1.90 bits per heavy atom. The molecule has 0 saturated carbocycles. The van der Waals surface area contributed by atoms with Crippen LogP contribution in [0.1, 0.15) is 45.7 Å². The molecule has 0 unspecified atom stereocenters. The van der Waals surface area contributed by atoms with Gasteiger partial charge in [-0.1, -0.05) is 6.07 Å². The second-order valence-electron chi connectivity index (χ2n) is 7.38. The molecular formula is C17H26N2O2. The monoisotopic (exact) mass is 290 g/mol. The van der Waals surface area contributed by atoms with Crippen molar-refractivity contribution in [2.45, 2.75) is 59.6 Å². The Kier molecular flexibility index (Phi) is 3.68. The molecule has 1 aliphatic heterocycles. The van der Waals surface area contributed by atoms with Gasteiger partial charge in [-0.2, -0.15) is 0 Å². The summed E-state index contributed by atoms with van der Waals surface area (Å²) in [5.74, 6) is 0. The number of hydrogen-bond acceptors (Lipinski definition) is 3. The predicted molar refractivity (Wildman–Crippen MR) is 87.2 cm³/mol. The highest BCUT2D eigenvalue weighted by molar-refractivity contribution is 5.96. The Labute approximate surface area is 127 Å². The minimum atomic E-state index is -0.502. The van der Waals surface area contributed by atoms with Crippen molar-refractivity contribution in [1.82, 2.24) is 0 Å². The smallest absolute Gasteiger partial charge is 0.415 e. The number of nitrogens with one attached hydrogen (secondary N) is 1. The molecule has 0 fully saturated rings. The molecule has 21 heavy (non-hydrogen) atoms. The van der Waals surface area contributed by atoms with E-state index in [-0.39, 0.29) is 11.6 Å². The maximum atomic E-state index is 12.7. The quantitative estimate of drug-likeness (QED) is 0.776. The van der Waals surface area contributed by atoms with Gasteiger partial charge in [0.05, 0.1) is 16.9 Å². The van der Waals surface area contributed by atoms with Crippen LogP contribution in [0.4, 0.5) is 16.2 Å². The van der Waals surface area contributed by atoms with Gasteiger partial charge in [0.15, 0.2) is 0 Å². The molecule has 0 aromatic heterocycles. The first-order chi connectivity index (χ1) is 9.53. The highest BCUT2D eigenvalue weighted by Crippen LogP contribution is 2.40. The number of benzene rings is 1. The van der Waals surface area contributed by atoms with E-state index in [4.69, 9.17) is 4.74 Å². The van der Waals surface area contributed by atoms with E-state index in [1.165, 1.54) is 11.1 Å². The van der Waals surface area contributed by atoms with E-state index in [9.17, 15) is 4.79 Å². The molecule has 0 aliphatic carbocycles. The number of nitrogens with zero attached hydrogens (tertiary/aromatic N) is 1. The van der Waals surface area contributed by atoms with Crippen molar-refractivity contribution in [3.8, 4) is 0 Å². The van der Waals surface area contributed by atoms with Gasteiger partial charge in [0.25, 0.3) is 0 Å². The lowest BCUT2D eigenvalue weighted by Gasteiger charge is -2.44. The van der Waals surface area contributed by atoms with Crippen LogP contribution in [0, 0.1) is 13.8 Å². The summed E-state index contributed by atoms with van der Waals surface area (Å²) in [6, 6.07) is 4.05. The number of rotatable bonds is 0. The molecular weight excluding hydrogens is 264 g/mol. The SMILES string of the molecule is Cc1ccc2c(c1C)NCC(C)(C)N2C(=O)OC(C)(C)C. The second-order valence-corrected chi connectivity index (χ2v) is 7.38. The largest absolute Gasteiger partial charge is 0.443 e. The summed E-state index contributed by atoms with van der Waals surface area (Å²) in [6.45, 7) is 14.6. The molecule has 1 amide bonds. The molecule has 0 atom stereocenters. The Hall–Kier alpha value is -1.71. The molecule has 0 spiro atoms. The summed E-state index contributed by atoms with van der Waals surface area (Å²) in [6.07, 6.45) is -0.293. The van der Waals surface area contributed by atoms with Crippen LogP contribution in [-0.4, -0.2) is 23.8 Å². The fourth-order valence-electron chi connectivity index (χ4n) is 2.57. The molecule has 2 rings (SSSR count). The van der Waals surface area contributed by atoms with E-state index < -0.39 is 5.60 Å². The minimum Gasteiger partial charge on any atom is -0.443 e. The van der Waals surface area contributed by atoms with E-state index in [0.717, 1.165) is 11.4 Å². The van der Waals surface area contributed by atoms with E-state index >= 15 is 0 Å². The van der Waals surface area contributed by atoms with Crippen LogP contribution >= 0.6 is 0 Å². The van der Waals surface area contributed by atoms with Crippen molar-refractivity contribution in [3.63, 3.8) is 0 Å². The van der Waals surface area contributed by atoms with Gasteiger partial charge in [-0.3, -0.25) is 4.90 Å². The van der Waals surface area contributed by atoms with Gasteiger partial charge in [-0.25, -0.2) is 4.79 Å². The summed E-state index contributed by atoms with van der Waals surface area (Å²) in [7, 11) is 0. The van der Waals surface area contributed by atoms with E-state index in [1.54, 1.807) is 4.90 Å². The number of carbonyl (C=O) groups is 1. The predicted octanol–water partition coefficient (Wildman–Crippen LogP) is 4.25. The van der Waals surface area contributed by atoms with E-state index in [2.05, 4.69) is 25.2 Å². The van der Waals surface area contributed by atoms with Gasteiger partial charge < -0.3 is 10.1 Å². The lowest BCUT2D eigenvalue weighted by molar-refractivity contribution is 0.0546. The van der Waals surface area contributed by atoms with E-state index in [0.29, 0.717) is 6.54 Å². The molecule has 1 heterocycles. The minimum absolute atomic E-state index is 0.293. The first-order valence-corrected chi connectivity index (χ1v) is 7.40. The van der Waals surface area contributed by atoms with Crippen molar-refractivity contribution in [2.75, 3.05) is 16.8 Å². The van der Waals surface area contributed by atoms with Crippen molar-refractivity contribution in [1.29, 1.82) is 0 Å². The van der Waals surface area contributed by atoms with Gasteiger partial charge >= 0.3 is 6.09 Å². The third-order valence-electron chi connectivity index (χ3n) is 3.83. The second kappa shape index (κ2) is 4.93. The molecule has 1 N–H and O–H groups in total. The lowest BCUT2D eigenvalue weighted by Crippen LogP contribution is -2.56. The summed E-state index contributed by atoms with van der Waals surface area (Å²) in [5, 5.41) is 3.46. The summed E-state index contributed by atoms with van der Waals surface area (Å²) in [4.78, 5) is 14.4. The lowest BCUT2D eigenvalue weighted by atomic mass is 9.95. The van der Waals surface area contributed by atoms with Crippen molar-refractivity contribution in [2.24, 2.45) is 0 Å². The first kappa shape index (κ1) is 15.7. The molecule has 1 aromatic carbocycles. The van der Waals surface area contributed by atoms with Crippen molar-refractivity contribution >= 4 is 17.5 Å². The fourth-order valence-corrected chi connectivity index (χ4v) is 2.57. The maximum Gasteiger partial charge on any atom is 0.415 e. The van der Waals surface area contributed by atoms with Crippen LogP contribution in [0.2, 0.25) is 0 Å². The van der Waals surface area contributed by atoms with Gasteiger partial charge in [-0.05, 0) is 65.7 Å². The number of fused-ring (bicyclic) bond motifs is 1. The summed E-state index contributed by atoms with van der Waals surface area (Å²) in [5.41, 5.74) is 3.47. The van der Waals surface area contributed by atoms with Crippen LogP contribution in [-0.2, 0) is 4.74 Å². The fraction of sp³-hybridized carbons (Fsp3) is 0.588. The van der Waals surface area contributed by atoms with Crippen LogP contribution in [0.25, 0.3) is 0 Å². The van der Waals surface area contributed by atoms with Crippen molar-refractivity contribution in [3.05, 3.63) is 23.3 Å². The average molecular weight is 290 g/mol. The van der Waals surface area contributed by atoms with Crippen LogP contribution < -0.4 is 10.2 Å². The van der Waals surface area contributed by atoms with E-state index in [1.807, 2.05) is 40.7 Å². The first-order valence-electron chi connectivity index (χ1n) is 7.40. The number of hydrogen-bond donors (Lipinski definition) is 1. The number of amides is 1. The third kappa shape index (κ3) is 2.99. The van der Waals surface area contributed by atoms with Gasteiger partial charge in [-0.15, -0.1) is 0 Å². The number of aryl methyl sites for hydroxylation is 1. The highest BCUT2D eigenvalue weighted by Gasteiger charge is 2.40. The Morgan fingerprint density at radius 1 is 1.29 bits per heavy atom. The molecule has 1 aromatic rings. The van der Waals surface area contributed by atoms with Crippen LogP contribution in [0.5, 0.6) is 0 Å². The maximum absolute atomic E-state index is 12.7. The van der Waals surface area contributed by atoms with Gasteiger partial charge in [0, 0.05) is 6.54 Å². The number of carbonyl (C=O) groups excluding carboxylic acids is 1. The summed E-state index contributed by atoms with van der Waals surface area (Å²) < 4.78 is 5.60. The molecule has 116 valence electrons. The molecule has 4 nitrogen and oxygen atoms in total. The molecule has 0 radical (unpaired) electrons. The Balaban J connectivity index is 2.49. The van der Waals surface area contributed by atoms with Crippen LogP contribution in [0.15, 0.2) is 12.1 Å². The zero-order chi connectivity index (χ0) is 16.0. The molecule has 4 heteroatoms. The highest BCUT2D eigenvalue weighted by atomic mass is 16.6. The van der Waals surface area contributed by atoms with Gasteiger partial charge in [0.1, 0.15) is 5.60 Å². The number of ether oxygens (including phenoxy) is 1. The molecule has 1 aliphatic rings. The zero-order valence-electron chi connectivity index (χ0n) is 14.1. The van der Waals surface area contributed by atoms with Crippen LogP contribution in [0.3, 0.4) is 0 Å². The standard InChI is InChI=1S/C17H26N2O2/c1-11-8-9-13-14(12(11)2)18-10-17(6,7)19(13)15(20)21-16(3,4)5/h8-9,18H,10H2,1-7H3.